The molecule has 6 nitrogen and oxygen atoms in total. The molecular weight excluding hydrogens is 414 g/mol. The lowest BCUT2D eigenvalue weighted by Gasteiger charge is -2.25. The number of nitrogens with zero attached hydrogens (tertiary/aromatic N) is 1. The van der Waals surface area contributed by atoms with Gasteiger partial charge in [-0.2, -0.15) is 0 Å². The summed E-state index contributed by atoms with van der Waals surface area (Å²) in [6.45, 7) is 8.22. The third-order valence-electron chi connectivity index (χ3n) is 4.98. The third-order valence-corrected chi connectivity index (χ3v) is 4.98. The fourth-order valence-electron chi connectivity index (χ4n) is 3.04. The van der Waals surface area contributed by atoms with Gasteiger partial charge >= 0.3 is 6.03 Å². The quantitative estimate of drug-likeness (QED) is 0.469. The van der Waals surface area contributed by atoms with Gasteiger partial charge in [-0.25, -0.2) is 4.79 Å². The molecular formula is C27H31N3O3. The topological polar surface area (TPSA) is 70.7 Å². The van der Waals surface area contributed by atoms with Crippen LogP contribution in [0.2, 0.25) is 0 Å². The highest BCUT2D eigenvalue weighted by atomic mass is 16.5. The van der Waals surface area contributed by atoms with Crippen molar-refractivity contribution in [2.45, 2.75) is 27.7 Å². The SMILES string of the molecule is Cc1ccc(NC(=O)N(CCNC(=O)C(C)(C)C)c2ccc(Oc3ccccc3)cc2)cc1. The van der Waals surface area contributed by atoms with E-state index < -0.39 is 5.41 Å². The number of benzene rings is 3. The van der Waals surface area contributed by atoms with Crippen LogP contribution in [0, 0.1) is 12.3 Å². The van der Waals surface area contributed by atoms with Crippen molar-refractivity contribution in [3.05, 3.63) is 84.4 Å². The van der Waals surface area contributed by atoms with Crippen LogP contribution in [-0.4, -0.2) is 25.0 Å². The summed E-state index contributed by atoms with van der Waals surface area (Å²) in [6, 6.07) is 24.2. The van der Waals surface area contributed by atoms with Crippen LogP contribution in [0.4, 0.5) is 16.2 Å². The first-order chi connectivity index (χ1) is 15.7. The minimum absolute atomic E-state index is 0.0620. The average Bonchev–Trinajstić information content (AvgIpc) is 2.79. The Morgan fingerprint density at radius 3 is 2.06 bits per heavy atom. The summed E-state index contributed by atoms with van der Waals surface area (Å²) in [5.41, 5.74) is 2.03. The molecule has 0 aliphatic rings. The number of anilines is 2. The van der Waals surface area contributed by atoms with Crippen LogP contribution in [0.1, 0.15) is 26.3 Å². The fraction of sp³-hybridized carbons (Fsp3) is 0.259. The Labute approximate surface area is 195 Å². The molecule has 3 rings (SSSR count). The predicted octanol–water partition coefficient (Wildman–Crippen LogP) is 5.99. The van der Waals surface area contributed by atoms with E-state index in [1.165, 1.54) is 0 Å². The van der Waals surface area contributed by atoms with E-state index in [4.69, 9.17) is 4.74 Å². The first kappa shape index (κ1) is 23.9. The summed E-state index contributed by atoms with van der Waals surface area (Å²) in [6.07, 6.45) is 0. The summed E-state index contributed by atoms with van der Waals surface area (Å²) < 4.78 is 5.85. The van der Waals surface area contributed by atoms with E-state index in [-0.39, 0.29) is 11.9 Å². The van der Waals surface area contributed by atoms with E-state index in [1.807, 2.05) is 107 Å². The van der Waals surface area contributed by atoms with Gasteiger partial charge in [-0.15, -0.1) is 0 Å². The minimum Gasteiger partial charge on any atom is -0.457 e. The standard InChI is InChI=1S/C27H31N3O3/c1-20-10-12-21(13-11-20)29-26(32)30(19-18-28-25(31)27(2,3)4)22-14-16-24(17-15-22)33-23-8-6-5-7-9-23/h5-17H,18-19H2,1-4H3,(H,28,31)(H,29,32). The van der Waals surface area contributed by atoms with Crippen molar-refractivity contribution in [1.29, 1.82) is 0 Å². The lowest BCUT2D eigenvalue weighted by molar-refractivity contribution is -0.128. The van der Waals surface area contributed by atoms with Crippen LogP contribution in [0.3, 0.4) is 0 Å². The lowest BCUT2D eigenvalue weighted by atomic mass is 9.96. The largest absolute Gasteiger partial charge is 0.457 e. The predicted molar refractivity (Wildman–Crippen MR) is 133 cm³/mol. The summed E-state index contributed by atoms with van der Waals surface area (Å²) in [7, 11) is 0. The highest BCUT2D eigenvalue weighted by molar-refractivity contribution is 6.01. The van der Waals surface area contributed by atoms with E-state index >= 15 is 0 Å². The van der Waals surface area contributed by atoms with Gasteiger partial charge in [-0.05, 0) is 55.5 Å². The monoisotopic (exact) mass is 445 g/mol. The molecule has 0 radical (unpaired) electrons. The van der Waals surface area contributed by atoms with Gasteiger partial charge in [0.05, 0.1) is 0 Å². The van der Waals surface area contributed by atoms with Gasteiger partial charge in [0.15, 0.2) is 0 Å². The van der Waals surface area contributed by atoms with E-state index in [1.54, 1.807) is 4.90 Å². The van der Waals surface area contributed by atoms with Crippen molar-refractivity contribution in [2.24, 2.45) is 5.41 Å². The molecule has 0 saturated heterocycles. The number of urea groups is 1. The molecule has 33 heavy (non-hydrogen) atoms. The Morgan fingerprint density at radius 1 is 0.848 bits per heavy atom. The molecule has 0 bridgehead atoms. The van der Waals surface area contributed by atoms with Crippen molar-refractivity contribution < 1.29 is 14.3 Å². The maximum Gasteiger partial charge on any atom is 0.326 e. The van der Waals surface area contributed by atoms with Gasteiger partial charge in [-0.1, -0.05) is 56.7 Å². The molecule has 2 N–H and O–H groups in total. The first-order valence-corrected chi connectivity index (χ1v) is 11.0. The molecule has 0 fully saturated rings. The van der Waals surface area contributed by atoms with Crippen molar-refractivity contribution >= 4 is 23.3 Å². The maximum absolute atomic E-state index is 13.1. The molecule has 172 valence electrons. The Morgan fingerprint density at radius 2 is 1.45 bits per heavy atom. The molecule has 3 aromatic rings. The van der Waals surface area contributed by atoms with Crippen LogP contribution in [-0.2, 0) is 4.79 Å². The molecule has 0 aliphatic heterocycles. The van der Waals surface area contributed by atoms with Crippen LogP contribution in [0.5, 0.6) is 11.5 Å². The van der Waals surface area contributed by atoms with E-state index in [2.05, 4.69) is 10.6 Å². The molecule has 0 aliphatic carbocycles. The van der Waals surface area contributed by atoms with Crippen molar-refractivity contribution in [3.8, 4) is 11.5 Å². The molecule has 0 atom stereocenters. The lowest BCUT2D eigenvalue weighted by Crippen LogP contribution is -2.43. The number of carbonyl (C=O) groups excluding carboxylic acids is 2. The number of para-hydroxylation sites is 1. The zero-order valence-corrected chi connectivity index (χ0v) is 19.6. The molecule has 0 spiro atoms. The average molecular weight is 446 g/mol. The van der Waals surface area contributed by atoms with Crippen LogP contribution in [0.15, 0.2) is 78.9 Å². The van der Waals surface area contributed by atoms with Gasteiger partial charge in [0.2, 0.25) is 5.91 Å². The molecule has 0 aromatic heterocycles. The van der Waals surface area contributed by atoms with Crippen molar-refractivity contribution in [1.82, 2.24) is 5.32 Å². The van der Waals surface area contributed by atoms with E-state index in [9.17, 15) is 9.59 Å². The Kier molecular flexibility index (Phi) is 7.72. The Bertz CT molecular complexity index is 1060. The molecule has 3 aromatic carbocycles. The zero-order chi connectivity index (χ0) is 23.8. The highest BCUT2D eigenvalue weighted by Gasteiger charge is 2.22. The normalized spacial score (nSPS) is 10.9. The Hall–Kier alpha value is -3.80. The Balaban J connectivity index is 1.74. The zero-order valence-electron chi connectivity index (χ0n) is 19.6. The summed E-state index contributed by atoms with van der Waals surface area (Å²) in [5.74, 6) is 1.35. The van der Waals surface area contributed by atoms with Crippen LogP contribution >= 0.6 is 0 Å². The van der Waals surface area contributed by atoms with E-state index in [0.29, 0.717) is 30.2 Å². The fourth-order valence-corrected chi connectivity index (χ4v) is 3.04. The summed E-state index contributed by atoms with van der Waals surface area (Å²) in [5, 5.41) is 5.84. The number of nitrogens with one attached hydrogen (secondary N) is 2. The highest BCUT2D eigenvalue weighted by Crippen LogP contribution is 2.25. The number of ether oxygens (including phenoxy) is 1. The minimum atomic E-state index is -0.495. The van der Waals surface area contributed by atoms with Crippen molar-refractivity contribution in [3.63, 3.8) is 0 Å². The summed E-state index contributed by atoms with van der Waals surface area (Å²) in [4.78, 5) is 27.0. The number of hydrogen-bond acceptors (Lipinski definition) is 3. The molecule has 0 unspecified atom stereocenters. The van der Waals surface area contributed by atoms with Gasteiger partial charge in [0, 0.05) is 29.9 Å². The number of aryl methyl sites for hydroxylation is 1. The van der Waals surface area contributed by atoms with Gasteiger partial charge in [0.1, 0.15) is 11.5 Å². The molecule has 3 amide bonds. The van der Waals surface area contributed by atoms with Crippen molar-refractivity contribution in [2.75, 3.05) is 23.3 Å². The van der Waals surface area contributed by atoms with Crippen LogP contribution in [0.25, 0.3) is 0 Å². The number of hydrogen-bond donors (Lipinski definition) is 2. The number of carbonyl (C=O) groups is 2. The molecule has 6 heteroatoms. The summed E-state index contributed by atoms with van der Waals surface area (Å²) >= 11 is 0. The van der Waals surface area contributed by atoms with E-state index in [0.717, 1.165) is 11.3 Å². The second kappa shape index (κ2) is 10.7. The smallest absolute Gasteiger partial charge is 0.326 e. The number of amides is 3. The van der Waals surface area contributed by atoms with Gasteiger partial charge in [0.25, 0.3) is 0 Å². The third kappa shape index (κ3) is 7.10. The second-order valence-corrected chi connectivity index (χ2v) is 8.86. The maximum atomic E-state index is 13.1. The first-order valence-electron chi connectivity index (χ1n) is 11.0. The van der Waals surface area contributed by atoms with Gasteiger partial charge in [-0.3, -0.25) is 9.69 Å². The van der Waals surface area contributed by atoms with Crippen LogP contribution < -0.4 is 20.3 Å². The molecule has 0 saturated carbocycles. The van der Waals surface area contributed by atoms with Gasteiger partial charge < -0.3 is 15.4 Å². The molecule has 0 heterocycles. The number of rotatable bonds is 7. The second-order valence-electron chi connectivity index (χ2n) is 8.86.